The third kappa shape index (κ3) is 11.9. The SMILES string of the molecule is COc1cc(S(=O)(=O)CCNc2ccc(S(=O)(=O)O)c(N=NC3C(=O)N(c4cc(Cl)c(S(=O)(=O)O)cc4Cl)N=C3C)c2)ccc1NS(=O)(=O)c1cccc2c1-c1nc-2nc2[n-]c(nc3nc(nc4[n-]c(n1)c1cccc(S(=O)(=O)O)c41)-c1ccccc1-3)c1ccccc21.[Cu+2]. The number of fused-ring (bicyclic) bond motifs is 20. The Labute approximate surface area is 552 Å². The molecule has 0 saturated heterocycles. The predicted molar refractivity (Wildman–Crippen MR) is 340 cm³/mol. The zero-order valence-electron chi connectivity index (χ0n) is 47.4. The Morgan fingerprint density at radius 2 is 1.16 bits per heavy atom. The van der Waals surface area contributed by atoms with E-state index in [-0.39, 0.29) is 130 Å². The average molecular weight is 1450 g/mol. The van der Waals surface area contributed by atoms with Crippen LogP contribution in [-0.2, 0) is 72.1 Å². The summed E-state index contributed by atoms with van der Waals surface area (Å²) in [6.07, 6.45) is 0. The second-order valence-electron chi connectivity index (χ2n) is 20.5. The summed E-state index contributed by atoms with van der Waals surface area (Å²) in [5, 5.41) is 15.8. The van der Waals surface area contributed by atoms with E-state index >= 15 is 0 Å². The summed E-state index contributed by atoms with van der Waals surface area (Å²) in [5.41, 5.74) is 0.260. The third-order valence-corrected chi connectivity index (χ3v) is 21.2. The van der Waals surface area contributed by atoms with Crippen molar-refractivity contribution in [2.24, 2.45) is 15.3 Å². The molecule has 0 aliphatic carbocycles. The van der Waals surface area contributed by atoms with Crippen LogP contribution in [-0.4, -0.2) is 123 Å². The molecule has 10 aromatic rings. The van der Waals surface area contributed by atoms with Gasteiger partial charge in [0.2, 0.25) is 0 Å². The number of carbonyl (C=O) groups excluding carboxylic acids is 1. The Kier molecular flexibility index (Phi) is 16.5. The number of hydrogen-bond acceptors (Lipinski definition) is 22. The largest absolute Gasteiger partial charge is 2.00 e. The van der Waals surface area contributed by atoms with Crippen molar-refractivity contribution in [3.05, 3.63) is 144 Å². The van der Waals surface area contributed by atoms with Crippen LogP contribution in [0.2, 0.25) is 10.0 Å². The Balaban J connectivity index is 0.00000848. The summed E-state index contributed by atoms with van der Waals surface area (Å²) in [6.45, 7) is 1.03. The number of aromatic nitrogens is 8. The molecule has 0 fully saturated rings. The molecule has 0 spiro atoms. The van der Waals surface area contributed by atoms with E-state index in [4.69, 9.17) is 62.8 Å². The van der Waals surface area contributed by atoms with Crippen molar-refractivity contribution >= 4 is 152 Å². The Bertz CT molecular complexity index is 5830. The molecule has 37 heteroatoms. The molecule has 3 aliphatic rings. The van der Waals surface area contributed by atoms with E-state index in [1.165, 1.54) is 44.4 Å². The normalized spacial score (nSPS) is 14.2. The van der Waals surface area contributed by atoms with E-state index in [9.17, 15) is 60.5 Å². The number of ether oxygens (including phenoxy) is 1. The molecule has 3 aromatic heterocycles. The molecule has 3 aliphatic heterocycles. The predicted octanol–water partition coefficient (Wildman–Crippen LogP) is 8.74. The van der Waals surface area contributed by atoms with Crippen LogP contribution in [0.4, 0.5) is 22.7 Å². The van der Waals surface area contributed by atoms with Gasteiger partial charge in [0.25, 0.3) is 46.3 Å². The summed E-state index contributed by atoms with van der Waals surface area (Å²) >= 11 is 12.3. The van der Waals surface area contributed by atoms with Crippen LogP contribution in [0, 0.1) is 0 Å². The number of halogens is 2. The van der Waals surface area contributed by atoms with Gasteiger partial charge in [0.1, 0.15) is 26.1 Å². The van der Waals surface area contributed by atoms with Gasteiger partial charge in [0.05, 0.1) is 73.1 Å². The number of carbonyl (C=O) groups is 1. The molecule has 8 bridgehead atoms. The zero-order chi connectivity index (χ0) is 65.8. The number of methoxy groups -OCH3 is 1. The van der Waals surface area contributed by atoms with E-state index in [1.807, 2.05) is 0 Å². The zero-order valence-corrected chi connectivity index (χ0v) is 53.9. The molecule has 0 saturated carbocycles. The number of amides is 1. The van der Waals surface area contributed by atoms with Gasteiger partial charge in [-0.05, 0) is 77.7 Å². The molecule has 13 rings (SSSR count). The van der Waals surface area contributed by atoms with Gasteiger partial charge >= 0.3 is 17.1 Å². The molecule has 1 amide bonds. The fourth-order valence-electron chi connectivity index (χ4n) is 10.4. The summed E-state index contributed by atoms with van der Waals surface area (Å²) in [4.78, 5) is 49.0. The fraction of sp³-hybridized carbons (Fsp3) is 0.0877. The van der Waals surface area contributed by atoms with Crippen LogP contribution in [0.3, 0.4) is 0 Å². The number of nitrogens with one attached hydrogen (secondary N) is 2. The molecule has 1 unspecified atom stereocenters. The van der Waals surface area contributed by atoms with Gasteiger partial charge < -0.3 is 40.0 Å². The first kappa shape index (κ1) is 64.9. The molecule has 1 atom stereocenters. The minimum Gasteiger partial charge on any atom is -0.495 e. The van der Waals surface area contributed by atoms with Gasteiger partial charge in [-0.1, -0.05) is 96.0 Å². The maximum absolute atomic E-state index is 15.0. The molecule has 7 aromatic carbocycles. The van der Waals surface area contributed by atoms with Crippen LogP contribution in [0.15, 0.2) is 173 Å². The van der Waals surface area contributed by atoms with Crippen molar-refractivity contribution in [3.8, 4) is 51.3 Å². The van der Waals surface area contributed by atoms with Gasteiger partial charge in [0.15, 0.2) is 15.9 Å². The fourth-order valence-corrected chi connectivity index (χ4v) is 15.5. The van der Waals surface area contributed by atoms with Crippen LogP contribution in [0.25, 0.3) is 89.7 Å². The molecule has 1 radical (unpaired) electrons. The van der Waals surface area contributed by atoms with Crippen molar-refractivity contribution in [2.75, 3.05) is 34.5 Å². The second-order valence-corrected chi connectivity index (χ2v) is 29.2. The summed E-state index contributed by atoms with van der Waals surface area (Å²) in [6, 6.07) is 29.3. The first-order valence-electron chi connectivity index (χ1n) is 26.8. The number of sulfone groups is 1. The molecule has 29 nitrogen and oxygen atoms in total. The van der Waals surface area contributed by atoms with Crippen molar-refractivity contribution in [1.82, 2.24) is 39.9 Å². The number of nitrogens with zero attached hydrogens (tertiary/aromatic N) is 12. The Morgan fingerprint density at radius 3 is 1.82 bits per heavy atom. The Morgan fingerprint density at radius 1 is 0.596 bits per heavy atom. The van der Waals surface area contributed by atoms with Gasteiger partial charge in [-0.25, -0.2) is 26.8 Å². The van der Waals surface area contributed by atoms with Crippen LogP contribution < -0.4 is 29.8 Å². The maximum Gasteiger partial charge on any atom is 2.00 e. The first-order chi connectivity index (χ1) is 44.1. The number of sulfonamides is 1. The average Bonchev–Trinajstić information content (AvgIpc) is 1.56. The minimum atomic E-state index is -4.99. The van der Waals surface area contributed by atoms with Crippen molar-refractivity contribution in [2.45, 2.75) is 37.4 Å². The summed E-state index contributed by atoms with van der Waals surface area (Å²) in [7, 11) is -22.6. The standard InChI is InChI=1S/C57H38Cl2N14O15S5.Cu/c1-27-48(57(74)73(71-27)40-25-37(59)45(26-36(40)58)93(85,86)87)70-69-39-23-28(17-20-42(39)91(79,80)81)60-21-22-89(75,76)29-18-19-38(41(24-29)88-2)72-90(77,78)43-15-7-13-34-46(43)55-66-53(34)64-51-31-10-4-3-9-30(31)49(62-51)61-50-32-11-5-6-12-33(32)52(63-50)65-56-47-35(54(67-55)68-56)14-8-16-44(47)92(82,83)84;/h3-20,23-26,48,60,72H,21-22H2,1-2H3,(H3-2,61,62,63,64,65,66,67,68,69,70,79,80,81,82,83,84,85,86,87);/q-2;+2. The van der Waals surface area contributed by atoms with E-state index in [0.29, 0.717) is 21.9 Å². The van der Waals surface area contributed by atoms with Crippen molar-refractivity contribution in [3.63, 3.8) is 0 Å². The quantitative estimate of drug-likeness (QED) is 0.0363. The van der Waals surface area contributed by atoms with Crippen molar-refractivity contribution in [1.29, 1.82) is 0 Å². The van der Waals surface area contributed by atoms with E-state index in [2.05, 4.69) is 30.4 Å². The van der Waals surface area contributed by atoms with Gasteiger partial charge in [-0.2, -0.15) is 45.6 Å². The number of benzene rings is 7. The number of azo groups is 1. The third-order valence-electron chi connectivity index (χ3n) is 14.7. The summed E-state index contributed by atoms with van der Waals surface area (Å²) < 4.78 is 170. The molecular formula is C57H38Cl2CuN14O15S5. The monoisotopic (exact) mass is 1450 g/mol. The first-order valence-corrected chi connectivity index (χ1v) is 35.0. The topological polar surface area (TPSA) is 428 Å². The van der Waals surface area contributed by atoms with Crippen LogP contribution in [0.1, 0.15) is 6.92 Å². The second kappa shape index (κ2) is 24.0. The van der Waals surface area contributed by atoms with Crippen molar-refractivity contribution < 1.29 is 82.3 Å². The molecule has 481 valence electrons. The maximum atomic E-state index is 15.0. The Hall–Kier alpha value is -9.23. The molecule has 5 N–H and O–H groups in total. The summed E-state index contributed by atoms with van der Waals surface area (Å²) in [5.74, 6) is -1.78. The van der Waals surface area contributed by atoms with E-state index in [1.54, 1.807) is 54.6 Å². The molecule has 6 heterocycles. The number of anilines is 3. The molecular weight excluding hydrogens is 1420 g/mol. The molecule has 94 heavy (non-hydrogen) atoms. The number of hydrogen-bond donors (Lipinski definition) is 5. The number of rotatable bonds is 15. The van der Waals surface area contributed by atoms with Crippen LogP contribution in [0.5, 0.6) is 5.75 Å². The minimum absolute atomic E-state index is 0. The number of hydrazone groups is 1. The van der Waals surface area contributed by atoms with E-state index < -0.39 is 98.2 Å². The smallest absolute Gasteiger partial charge is 0.495 e. The van der Waals surface area contributed by atoms with Gasteiger partial charge in [0, 0.05) is 68.5 Å². The van der Waals surface area contributed by atoms with E-state index in [0.717, 1.165) is 53.5 Å². The van der Waals surface area contributed by atoms with Gasteiger partial charge in [-0.3, -0.25) is 23.2 Å². The van der Waals surface area contributed by atoms with Gasteiger partial charge in [-0.15, -0.1) is 0 Å². The van der Waals surface area contributed by atoms with Crippen LogP contribution >= 0.6 is 23.2 Å².